The first-order valence-corrected chi connectivity index (χ1v) is 5.67. The lowest BCUT2D eigenvalue weighted by Gasteiger charge is -2.31. The molecule has 3 saturated heterocycles. The monoisotopic (exact) mass is 165 g/mol. The van der Waals surface area contributed by atoms with Gasteiger partial charge in [0.05, 0.1) is 0 Å². The van der Waals surface area contributed by atoms with Gasteiger partial charge in [-0.15, -0.1) is 0 Å². The van der Waals surface area contributed by atoms with Crippen molar-refractivity contribution in [1.82, 2.24) is 4.90 Å². The van der Waals surface area contributed by atoms with E-state index in [1.165, 1.54) is 45.2 Å². The molecule has 0 aromatic heterocycles. The van der Waals surface area contributed by atoms with Crippen molar-refractivity contribution in [3.05, 3.63) is 0 Å². The number of rotatable bonds is 0. The lowest BCUT2D eigenvalue weighted by Crippen LogP contribution is -2.38. The van der Waals surface area contributed by atoms with Gasteiger partial charge >= 0.3 is 0 Å². The van der Waals surface area contributed by atoms with Crippen LogP contribution in [0.25, 0.3) is 0 Å². The van der Waals surface area contributed by atoms with Crippen LogP contribution in [0.2, 0.25) is 0 Å². The van der Waals surface area contributed by atoms with Gasteiger partial charge in [-0.05, 0) is 57.0 Å². The highest BCUT2D eigenvalue weighted by molar-refractivity contribution is 4.93. The topological polar surface area (TPSA) is 3.24 Å². The molecule has 1 heteroatoms. The van der Waals surface area contributed by atoms with Crippen LogP contribution in [0.4, 0.5) is 0 Å². The Labute approximate surface area is 75.1 Å². The third kappa shape index (κ3) is 1.02. The molecule has 0 aromatic carbocycles. The van der Waals surface area contributed by atoms with Crippen molar-refractivity contribution in [3.63, 3.8) is 0 Å². The first-order valence-electron chi connectivity index (χ1n) is 5.67. The van der Waals surface area contributed by atoms with E-state index in [9.17, 15) is 0 Å². The Kier molecular flexibility index (Phi) is 1.68. The van der Waals surface area contributed by atoms with E-state index in [1.54, 1.807) is 6.42 Å². The van der Waals surface area contributed by atoms with Gasteiger partial charge in [0.25, 0.3) is 0 Å². The summed E-state index contributed by atoms with van der Waals surface area (Å²) < 4.78 is 0. The molecule has 0 amide bonds. The van der Waals surface area contributed by atoms with E-state index in [0.717, 1.165) is 17.9 Å². The summed E-state index contributed by atoms with van der Waals surface area (Å²) in [7, 11) is 0. The highest BCUT2D eigenvalue weighted by atomic mass is 15.2. The highest BCUT2D eigenvalue weighted by Crippen LogP contribution is 2.41. The summed E-state index contributed by atoms with van der Waals surface area (Å²) in [4.78, 5) is 2.79. The van der Waals surface area contributed by atoms with Crippen LogP contribution in [0.3, 0.4) is 0 Å². The maximum atomic E-state index is 2.79. The Morgan fingerprint density at radius 1 is 0.917 bits per heavy atom. The fraction of sp³-hybridized carbons (Fsp3) is 1.00. The Bertz CT molecular complexity index is 168. The van der Waals surface area contributed by atoms with Gasteiger partial charge in [0, 0.05) is 6.04 Å². The largest absolute Gasteiger partial charge is 0.300 e. The SMILES string of the molecule is C1CC2CC3CCN(CC3)C2C1. The van der Waals surface area contributed by atoms with Crippen LogP contribution in [0.1, 0.15) is 38.5 Å². The van der Waals surface area contributed by atoms with Crippen LogP contribution in [0.15, 0.2) is 0 Å². The van der Waals surface area contributed by atoms with Gasteiger partial charge in [-0.25, -0.2) is 0 Å². The van der Waals surface area contributed by atoms with Gasteiger partial charge in [-0.3, -0.25) is 0 Å². The molecular weight excluding hydrogens is 146 g/mol. The van der Waals surface area contributed by atoms with Crippen molar-refractivity contribution < 1.29 is 0 Å². The maximum Gasteiger partial charge on any atom is 0.0124 e. The van der Waals surface area contributed by atoms with Crippen LogP contribution in [-0.2, 0) is 0 Å². The molecule has 4 rings (SSSR count). The van der Waals surface area contributed by atoms with E-state index in [2.05, 4.69) is 4.90 Å². The third-order valence-corrected chi connectivity index (χ3v) is 4.37. The molecule has 3 aliphatic heterocycles. The maximum absolute atomic E-state index is 2.79. The summed E-state index contributed by atoms with van der Waals surface area (Å²) in [5.41, 5.74) is 0. The van der Waals surface area contributed by atoms with Crippen LogP contribution in [-0.4, -0.2) is 24.0 Å². The fourth-order valence-corrected chi connectivity index (χ4v) is 3.72. The van der Waals surface area contributed by atoms with Gasteiger partial charge in [0.1, 0.15) is 0 Å². The summed E-state index contributed by atoms with van der Waals surface area (Å²) in [5.74, 6) is 2.20. The quantitative estimate of drug-likeness (QED) is 0.532. The van der Waals surface area contributed by atoms with Crippen LogP contribution in [0.5, 0.6) is 0 Å². The third-order valence-electron chi connectivity index (χ3n) is 4.37. The number of hydrogen-bond acceptors (Lipinski definition) is 1. The van der Waals surface area contributed by atoms with E-state index < -0.39 is 0 Å². The van der Waals surface area contributed by atoms with Crippen LogP contribution >= 0.6 is 0 Å². The Hall–Kier alpha value is -0.0400. The number of nitrogens with zero attached hydrogens (tertiary/aromatic N) is 1. The molecule has 12 heavy (non-hydrogen) atoms. The molecule has 1 aliphatic carbocycles. The van der Waals surface area contributed by atoms with Crippen molar-refractivity contribution >= 4 is 0 Å². The zero-order valence-electron chi connectivity index (χ0n) is 7.84. The van der Waals surface area contributed by atoms with Crippen molar-refractivity contribution in [1.29, 1.82) is 0 Å². The van der Waals surface area contributed by atoms with E-state index in [1.807, 2.05) is 0 Å². The van der Waals surface area contributed by atoms with Crippen LogP contribution < -0.4 is 0 Å². The molecule has 1 nitrogen and oxygen atoms in total. The second-order valence-electron chi connectivity index (χ2n) is 4.97. The van der Waals surface area contributed by atoms with E-state index >= 15 is 0 Å². The van der Waals surface area contributed by atoms with Gasteiger partial charge in [0.2, 0.25) is 0 Å². The summed E-state index contributed by atoms with van der Waals surface area (Å²) in [6.45, 7) is 2.84. The molecule has 68 valence electrons. The predicted octanol–water partition coefficient (Wildman–Crippen LogP) is 2.27. The molecule has 0 radical (unpaired) electrons. The Morgan fingerprint density at radius 3 is 2.58 bits per heavy atom. The molecule has 0 spiro atoms. The molecule has 0 N–H and O–H groups in total. The average molecular weight is 165 g/mol. The summed E-state index contributed by atoms with van der Waals surface area (Å²) >= 11 is 0. The second kappa shape index (κ2) is 2.73. The normalized spacial score (nSPS) is 52.0. The summed E-state index contributed by atoms with van der Waals surface area (Å²) in [6.07, 6.45) is 9.15. The Balaban J connectivity index is 1.86. The van der Waals surface area contributed by atoms with Crippen LogP contribution in [0, 0.1) is 11.8 Å². The molecule has 2 atom stereocenters. The van der Waals surface area contributed by atoms with Crippen molar-refractivity contribution in [2.75, 3.05) is 13.1 Å². The standard InChI is InChI=1S/C11H19N/c1-2-10-8-9-4-6-12(7-5-9)11(10)3-1/h9-11H,1-8H2. The summed E-state index contributed by atoms with van der Waals surface area (Å²) in [5, 5.41) is 0. The molecule has 2 bridgehead atoms. The smallest absolute Gasteiger partial charge is 0.0124 e. The first kappa shape index (κ1) is 7.37. The predicted molar refractivity (Wildman–Crippen MR) is 50.0 cm³/mol. The van der Waals surface area contributed by atoms with Gasteiger partial charge in [-0.1, -0.05) is 6.42 Å². The van der Waals surface area contributed by atoms with E-state index in [-0.39, 0.29) is 0 Å². The van der Waals surface area contributed by atoms with Gasteiger partial charge in [-0.2, -0.15) is 0 Å². The van der Waals surface area contributed by atoms with E-state index in [4.69, 9.17) is 0 Å². The summed E-state index contributed by atoms with van der Waals surface area (Å²) in [6, 6.07) is 1.01. The fourth-order valence-electron chi connectivity index (χ4n) is 3.72. The van der Waals surface area contributed by atoms with Crippen molar-refractivity contribution in [3.8, 4) is 0 Å². The zero-order chi connectivity index (χ0) is 7.97. The Morgan fingerprint density at radius 2 is 1.75 bits per heavy atom. The molecule has 4 fully saturated rings. The minimum atomic E-state index is 1.01. The highest BCUT2D eigenvalue weighted by Gasteiger charge is 2.39. The van der Waals surface area contributed by atoms with Gasteiger partial charge < -0.3 is 4.90 Å². The zero-order valence-corrected chi connectivity index (χ0v) is 7.84. The lowest BCUT2D eigenvalue weighted by atomic mass is 9.90. The lowest BCUT2D eigenvalue weighted by molar-refractivity contribution is 0.160. The van der Waals surface area contributed by atoms with E-state index in [0.29, 0.717) is 0 Å². The average Bonchev–Trinajstić information content (AvgIpc) is 2.44. The second-order valence-corrected chi connectivity index (χ2v) is 4.97. The van der Waals surface area contributed by atoms with Crippen molar-refractivity contribution in [2.24, 2.45) is 11.8 Å². The first-order chi connectivity index (χ1) is 5.93. The molecule has 2 unspecified atom stereocenters. The minimum Gasteiger partial charge on any atom is -0.300 e. The molecular formula is C11H19N. The van der Waals surface area contributed by atoms with Gasteiger partial charge in [0.15, 0.2) is 0 Å². The molecule has 4 aliphatic rings. The number of hydrogen-bond donors (Lipinski definition) is 0. The van der Waals surface area contributed by atoms with Crippen molar-refractivity contribution in [2.45, 2.75) is 44.6 Å². The molecule has 3 heterocycles. The molecule has 1 saturated carbocycles. The minimum absolute atomic E-state index is 1.01. The number of piperidine rings is 1. The number of fused-ring (bicyclic) bond motifs is 2. The molecule has 0 aromatic rings.